The third kappa shape index (κ3) is 5.79. The van der Waals surface area contributed by atoms with Gasteiger partial charge in [-0.05, 0) is 34.4 Å². The van der Waals surface area contributed by atoms with Gasteiger partial charge in [0.1, 0.15) is 18.4 Å². The molecule has 0 saturated carbocycles. The van der Waals surface area contributed by atoms with E-state index in [0.29, 0.717) is 6.07 Å². The van der Waals surface area contributed by atoms with E-state index in [2.05, 4.69) is 0 Å². The van der Waals surface area contributed by atoms with Crippen molar-refractivity contribution in [1.29, 1.82) is 0 Å². The fourth-order valence-corrected chi connectivity index (χ4v) is 4.64. The van der Waals surface area contributed by atoms with Gasteiger partial charge in [0, 0.05) is 17.9 Å². The molecule has 0 radical (unpaired) electrons. The highest BCUT2D eigenvalue weighted by atomic mass is 19.4. The second-order valence-electron chi connectivity index (χ2n) is 8.76. The number of carboxylic acids is 1. The van der Waals surface area contributed by atoms with Gasteiger partial charge in [0.15, 0.2) is 0 Å². The Kier molecular flexibility index (Phi) is 7.49. The van der Waals surface area contributed by atoms with E-state index in [9.17, 15) is 41.0 Å². The minimum atomic E-state index is -5.27. The van der Waals surface area contributed by atoms with Crippen molar-refractivity contribution in [3.05, 3.63) is 88.5 Å². The third-order valence-corrected chi connectivity index (χ3v) is 6.40. The molecule has 0 saturated heterocycles. The summed E-state index contributed by atoms with van der Waals surface area (Å²) in [7, 11) is 0.855. The highest BCUT2D eigenvalue weighted by Crippen LogP contribution is 2.45. The van der Waals surface area contributed by atoms with Crippen molar-refractivity contribution in [1.82, 2.24) is 5.32 Å². The molecule has 4 rings (SSSR count). The number of aliphatic carboxylic acids is 1. The quantitative estimate of drug-likeness (QED) is 0.337. The Hall–Kier alpha value is -4.22. The van der Waals surface area contributed by atoms with E-state index in [1.165, 1.54) is 0 Å². The van der Waals surface area contributed by atoms with Crippen LogP contribution in [0, 0.1) is 0 Å². The van der Waals surface area contributed by atoms with Gasteiger partial charge in [-0.2, -0.15) is 26.3 Å². The number of alkyl carbamates (subject to hydrolysis) is 1. The second-order valence-corrected chi connectivity index (χ2v) is 8.76. The summed E-state index contributed by atoms with van der Waals surface area (Å²) in [6, 6.07) is 13.1. The number of alkyl halides is 6. The fraction of sp³-hybridized carbons (Fsp3) is 0.259. The number of amides is 1. The molecule has 1 aliphatic carbocycles. The van der Waals surface area contributed by atoms with Crippen LogP contribution in [-0.2, 0) is 28.3 Å². The van der Waals surface area contributed by atoms with Gasteiger partial charge < -0.3 is 19.9 Å². The predicted molar refractivity (Wildman–Crippen MR) is 126 cm³/mol. The SMILES string of the molecule is COc1cc(C(F)(F)F)cc(C(F)(F)F)c1CC(NC(=O)OCC1c2ccccc2-c2ccccc21)C(=O)O. The van der Waals surface area contributed by atoms with Gasteiger partial charge in [-0.25, -0.2) is 9.59 Å². The van der Waals surface area contributed by atoms with Crippen molar-refractivity contribution in [2.45, 2.75) is 30.7 Å². The van der Waals surface area contributed by atoms with Gasteiger partial charge >= 0.3 is 24.4 Å². The van der Waals surface area contributed by atoms with Crippen molar-refractivity contribution >= 4 is 12.1 Å². The first kappa shape index (κ1) is 27.8. The normalized spacial score (nSPS) is 13.8. The van der Waals surface area contributed by atoms with E-state index in [0.717, 1.165) is 29.4 Å². The van der Waals surface area contributed by atoms with Crippen LogP contribution in [0.25, 0.3) is 11.1 Å². The van der Waals surface area contributed by atoms with Crippen LogP contribution in [0.1, 0.15) is 33.7 Å². The van der Waals surface area contributed by atoms with Crippen LogP contribution in [0.15, 0.2) is 60.7 Å². The number of benzene rings is 3. The van der Waals surface area contributed by atoms with E-state index in [1.807, 2.05) is 53.8 Å². The number of ether oxygens (including phenoxy) is 2. The number of hydrogen-bond acceptors (Lipinski definition) is 4. The molecule has 12 heteroatoms. The van der Waals surface area contributed by atoms with E-state index in [4.69, 9.17) is 9.47 Å². The van der Waals surface area contributed by atoms with Crippen LogP contribution in [0.4, 0.5) is 31.1 Å². The molecular weight excluding hydrogens is 532 g/mol. The first-order chi connectivity index (χ1) is 18.3. The monoisotopic (exact) mass is 553 g/mol. The molecule has 0 fully saturated rings. The highest BCUT2D eigenvalue weighted by molar-refractivity contribution is 5.81. The summed E-state index contributed by atoms with van der Waals surface area (Å²) in [6.45, 7) is -0.191. The number of halogens is 6. The Morgan fingerprint density at radius 3 is 1.97 bits per heavy atom. The summed E-state index contributed by atoms with van der Waals surface area (Å²) >= 11 is 0. The van der Waals surface area contributed by atoms with Crippen molar-refractivity contribution in [3.63, 3.8) is 0 Å². The fourth-order valence-electron chi connectivity index (χ4n) is 4.64. The lowest BCUT2D eigenvalue weighted by Gasteiger charge is -2.22. The Morgan fingerprint density at radius 1 is 0.923 bits per heavy atom. The standard InChI is InChI=1S/C27H21F6NO5/c1-38-23-11-14(26(28,29)30)10-21(27(31,32)33)19(23)12-22(24(35)36)34-25(37)39-13-20-17-8-4-2-6-15(17)16-7-3-5-9-18(16)20/h2-11,20,22H,12-13H2,1H3,(H,34,37)(H,35,36). The zero-order chi connectivity index (χ0) is 28.5. The van der Waals surface area contributed by atoms with Crippen molar-refractivity contribution in [3.8, 4) is 16.9 Å². The molecule has 206 valence electrons. The molecule has 0 bridgehead atoms. The van der Waals surface area contributed by atoms with Gasteiger partial charge in [0.05, 0.1) is 18.2 Å². The topological polar surface area (TPSA) is 84.9 Å². The van der Waals surface area contributed by atoms with Gasteiger partial charge in [-0.1, -0.05) is 48.5 Å². The molecule has 0 heterocycles. The Morgan fingerprint density at radius 2 is 1.49 bits per heavy atom. The molecule has 3 aromatic rings. The third-order valence-electron chi connectivity index (χ3n) is 6.40. The summed E-state index contributed by atoms with van der Waals surface area (Å²) in [5.74, 6) is -2.91. The van der Waals surface area contributed by atoms with E-state index in [-0.39, 0.29) is 18.6 Å². The van der Waals surface area contributed by atoms with Crippen LogP contribution in [0.5, 0.6) is 5.75 Å². The zero-order valence-electron chi connectivity index (χ0n) is 20.2. The number of methoxy groups -OCH3 is 1. The van der Waals surface area contributed by atoms with E-state index >= 15 is 0 Å². The van der Waals surface area contributed by atoms with E-state index < -0.39 is 59.3 Å². The number of hydrogen-bond donors (Lipinski definition) is 2. The predicted octanol–water partition coefficient (Wildman–Crippen LogP) is 6.27. The highest BCUT2D eigenvalue weighted by Gasteiger charge is 2.41. The van der Waals surface area contributed by atoms with Gasteiger partial charge in [0.2, 0.25) is 0 Å². The zero-order valence-corrected chi connectivity index (χ0v) is 20.2. The second kappa shape index (κ2) is 10.5. The van der Waals surface area contributed by atoms with Gasteiger partial charge in [-0.15, -0.1) is 0 Å². The van der Waals surface area contributed by atoms with Gasteiger partial charge in [-0.3, -0.25) is 0 Å². The van der Waals surface area contributed by atoms with Crippen LogP contribution >= 0.6 is 0 Å². The molecule has 0 aromatic heterocycles. The molecule has 1 unspecified atom stereocenters. The molecular formula is C27H21F6NO5. The average molecular weight is 553 g/mol. The Balaban J connectivity index is 1.55. The molecule has 0 aliphatic heterocycles. The molecule has 1 atom stereocenters. The average Bonchev–Trinajstić information content (AvgIpc) is 3.19. The van der Waals surface area contributed by atoms with Crippen molar-refractivity contribution in [2.24, 2.45) is 0 Å². The summed E-state index contributed by atoms with van der Waals surface area (Å²) in [5, 5.41) is 11.6. The number of fused-ring (bicyclic) bond motifs is 3. The molecule has 6 nitrogen and oxygen atoms in total. The lowest BCUT2D eigenvalue weighted by Crippen LogP contribution is -2.43. The number of carbonyl (C=O) groups excluding carboxylic acids is 1. The number of nitrogens with one attached hydrogen (secondary N) is 1. The molecule has 3 aromatic carbocycles. The van der Waals surface area contributed by atoms with Crippen LogP contribution in [-0.4, -0.2) is 36.9 Å². The minimum absolute atomic E-state index is 0.121. The first-order valence-corrected chi connectivity index (χ1v) is 11.5. The molecule has 39 heavy (non-hydrogen) atoms. The van der Waals surface area contributed by atoms with Crippen LogP contribution in [0.3, 0.4) is 0 Å². The number of rotatable bonds is 7. The summed E-state index contributed by atoms with van der Waals surface area (Å²) in [4.78, 5) is 24.4. The Labute approximate surface area is 218 Å². The molecule has 1 aliphatic rings. The van der Waals surface area contributed by atoms with Crippen LogP contribution < -0.4 is 10.1 Å². The molecule has 0 spiro atoms. The van der Waals surface area contributed by atoms with Crippen molar-refractivity contribution < 1.29 is 50.5 Å². The maximum Gasteiger partial charge on any atom is 0.416 e. The maximum absolute atomic E-state index is 13.7. The Bertz CT molecular complexity index is 1360. The van der Waals surface area contributed by atoms with Gasteiger partial charge in [0.25, 0.3) is 0 Å². The number of carbonyl (C=O) groups is 2. The summed E-state index contributed by atoms with van der Waals surface area (Å²) < 4.78 is 90.6. The minimum Gasteiger partial charge on any atom is -0.496 e. The smallest absolute Gasteiger partial charge is 0.416 e. The lowest BCUT2D eigenvalue weighted by molar-refractivity contribution is -0.144. The van der Waals surface area contributed by atoms with E-state index in [1.54, 1.807) is 0 Å². The largest absolute Gasteiger partial charge is 0.496 e. The molecule has 2 N–H and O–H groups in total. The van der Waals surface area contributed by atoms with Crippen molar-refractivity contribution in [2.75, 3.05) is 13.7 Å². The van der Waals surface area contributed by atoms with Crippen LogP contribution in [0.2, 0.25) is 0 Å². The number of carboxylic acid groups (broad SMARTS) is 1. The molecule has 1 amide bonds. The first-order valence-electron chi connectivity index (χ1n) is 11.5. The maximum atomic E-state index is 13.7. The summed E-state index contributed by atoms with van der Waals surface area (Å²) in [5.41, 5.74) is -0.554. The lowest BCUT2D eigenvalue weighted by atomic mass is 9.96. The summed E-state index contributed by atoms with van der Waals surface area (Å²) in [6.07, 6.45) is -12.6.